The van der Waals surface area contributed by atoms with Gasteiger partial charge < -0.3 is 14.8 Å². The number of alkyl halides is 2. The van der Waals surface area contributed by atoms with E-state index in [2.05, 4.69) is 22.2 Å². The van der Waals surface area contributed by atoms with Gasteiger partial charge >= 0.3 is 6.61 Å². The SMILES string of the molecule is COc1ccc(OC(F)F)c(NCC2CC=CCC2)c1. The quantitative estimate of drug-likeness (QED) is 0.798. The van der Waals surface area contributed by atoms with Gasteiger partial charge in [-0.15, -0.1) is 0 Å². The zero-order chi connectivity index (χ0) is 14.4. The highest BCUT2D eigenvalue weighted by Crippen LogP contribution is 2.31. The molecule has 0 amide bonds. The van der Waals surface area contributed by atoms with Crippen LogP contribution in [-0.2, 0) is 0 Å². The number of allylic oxidation sites excluding steroid dienone is 2. The lowest BCUT2D eigenvalue weighted by Crippen LogP contribution is -2.16. The summed E-state index contributed by atoms with van der Waals surface area (Å²) >= 11 is 0. The minimum atomic E-state index is -2.83. The molecule has 2 rings (SSSR count). The molecule has 0 radical (unpaired) electrons. The van der Waals surface area contributed by atoms with Crippen LogP contribution >= 0.6 is 0 Å². The van der Waals surface area contributed by atoms with Crippen molar-refractivity contribution in [2.24, 2.45) is 5.92 Å². The number of rotatable bonds is 6. The number of hydrogen-bond acceptors (Lipinski definition) is 3. The highest BCUT2D eigenvalue weighted by atomic mass is 19.3. The third-order valence-electron chi connectivity index (χ3n) is 3.36. The maximum absolute atomic E-state index is 12.4. The second kappa shape index (κ2) is 7.12. The van der Waals surface area contributed by atoms with Gasteiger partial charge in [-0.2, -0.15) is 8.78 Å². The number of halogens is 2. The van der Waals surface area contributed by atoms with E-state index in [4.69, 9.17) is 4.74 Å². The monoisotopic (exact) mass is 283 g/mol. The molecule has 3 nitrogen and oxygen atoms in total. The maximum Gasteiger partial charge on any atom is 0.387 e. The summed E-state index contributed by atoms with van der Waals surface area (Å²) in [6.45, 7) is -2.10. The van der Waals surface area contributed by atoms with Crippen LogP contribution in [-0.4, -0.2) is 20.3 Å². The highest BCUT2D eigenvalue weighted by molar-refractivity contribution is 5.59. The van der Waals surface area contributed by atoms with Crippen LogP contribution in [0, 0.1) is 5.92 Å². The van der Waals surface area contributed by atoms with Crippen LogP contribution in [0.25, 0.3) is 0 Å². The number of hydrogen-bond donors (Lipinski definition) is 1. The second-order valence-corrected chi connectivity index (χ2v) is 4.77. The largest absolute Gasteiger partial charge is 0.497 e. The van der Waals surface area contributed by atoms with Gasteiger partial charge in [0.1, 0.15) is 11.5 Å². The molecule has 110 valence electrons. The van der Waals surface area contributed by atoms with E-state index in [9.17, 15) is 8.78 Å². The Kier molecular flexibility index (Phi) is 5.21. The Balaban J connectivity index is 2.04. The number of ether oxygens (including phenoxy) is 2. The molecule has 0 fully saturated rings. The summed E-state index contributed by atoms with van der Waals surface area (Å²) in [5, 5.41) is 3.19. The molecule has 1 atom stereocenters. The van der Waals surface area contributed by atoms with Crippen LogP contribution in [0.15, 0.2) is 30.4 Å². The standard InChI is InChI=1S/C15H19F2NO2/c1-19-12-7-8-14(20-15(16)17)13(9-12)18-10-11-5-3-2-4-6-11/h2-3,7-9,11,15,18H,4-6,10H2,1H3. The van der Waals surface area contributed by atoms with E-state index in [1.54, 1.807) is 19.2 Å². The normalized spacial score (nSPS) is 18.1. The van der Waals surface area contributed by atoms with Gasteiger partial charge in [-0.3, -0.25) is 0 Å². The summed E-state index contributed by atoms with van der Waals surface area (Å²) in [5.74, 6) is 1.27. The molecule has 1 aliphatic carbocycles. The van der Waals surface area contributed by atoms with Crippen LogP contribution in [0.3, 0.4) is 0 Å². The fourth-order valence-electron chi connectivity index (χ4n) is 2.27. The lowest BCUT2D eigenvalue weighted by Gasteiger charge is -2.20. The Labute approximate surface area is 117 Å². The Bertz CT molecular complexity index is 463. The van der Waals surface area contributed by atoms with Crippen molar-refractivity contribution >= 4 is 5.69 Å². The molecule has 0 spiro atoms. The fraction of sp³-hybridized carbons (Fsp3) is 0.467. The third-order valence-corrected chi connectivity index (χ3v) is 3.36. The Morgan fingerprint density at radius 2 is 2.20 bits per heavy atom. The molecule has 0 bridgehead atoms. The van der Waals surface area contributed by atoms with Crippen LogP contribution in [0.2, 0.25) is 0 Å². The van der Waals surface area contributed by atoms with Crippen molar-refractivity contribution in [2.45, 2.75) is 25.9 Å². The van der Waals surface area contributed by atoms with E-state index in [0.717, 1.165) is 25.8 Å². The Morgan fingerprint density at radius 3 is 2.85 bits per heavy atom. The average molecular weight is 283 g/mol. The molecule has 1 aliphatic rings. The number of benzene rings is 1. The average Bonchev–Trinajstić information content (AvgIpc) is 2.47. The molecular formula is C15H19F2NO2. The van der Waals surface area contributed by atoms with Gasteiger partial charge in [0.15, 0.2) is 0 Å². The van der Waals surface area contributed by atoms with Crippen molar-refractivity contribution < 1.29 is 18.3 Å². The van der Waals surface area contributed by atoms with Crippen molar-refractivity contribution in [1.29, 1.82) is 0 Å². The van der Waals surface area contributed by atoms with Gasteiger partial charge in [-0.1, -0.05) is 12.2 Å². The fourth-order valence-corrected chi connectivity index (χ4v) is 2.27. The van der Waals surface area contributed by atoms with Crippen molar-refractivity contribution in [3.8, 4) is 11.5 Å². The first-order chi connectivity index (χ1) is 9.69. The van der Waals surface area contributed by atoms with E-state index < -0.39 is 6.61 Å². The van der Waals surface area contributed by atoms with Gasteiger partial charge in [-0.05, 0) is 37.3 Å². The molecule has 0 saturated carbocycles. The first-order valence-electron chi connectivity index (χ1n) is 6.70. The molecule has 0 heterocycles. The summed E-state index contributed by atoms with van der Waals surface area (Å²) in [7, 11) is 1.54. The van der Waals surface area contributed by atoms with Crippen LogP contribution in [0.1, 0.15) is 19.3 Å². The van der Waals surface area contributed by atoms with Crippen molar-refractivity contribution in [1.82, 2.24) is 0 Å². The smallest absolute Gasteiger partial charge is 0.387 e. The van der Waals surface area contributed by atoms with E-state index >= 15 is 0 Å². The van der Waals surface area contributed by atoms with Crippen molar-refractivity contribution in [3.63, 3.8) is 0 Å². The lowest BCUT2D eigenvalue weighted by atomic mass is 9.94. The molecule has 0 saturated heterocycles. The first kappa shape index (κ1) is 14.6. The predicted octanol–water partition coefficient (Wildman–Crippen LogP) is 4.06. The molecular weight excluding hydrogens is 264 g/mol. The van der Waals surface area contributed by atoms with Crippen LogP contribution in [0.4, 0.5) is 14.5 Å². The Morgan fingerprint density at radius 1 is 1.35 bits per heavy atom. The first-order valence-corrected chi connectivity index (χ1v) is 6.70. The van der Waals surface area contributed by atoms with E-state index in [1.807, 2.05) is 0 Å². The number of anilines is 1. The zero-order valence-electron chi connectivity index (χ0n) is 11.4. The maximum atomic E-state index is 12.4. The molecule has 1 aromatic carbocycles. The van der Waals surface area contributed by atoms with Gasteiger partial charge in [0.25, 0.3) is 0 Å². The molecule has 5 heteroatoms. The van der Waals surface area contributed by atoms with Gasteiger partial charge in [0, 0.05) is 12.6 Å². The van der Waals surface area contributed by atoms with E-state index in [1.165, 1.54) is 6.07 Å². The summed E-state index contributed by atoms with van der Waals surface area (Å²) in [4.78, 5) is 0. The van der Waals surface area contributed by atoms with E-state index in [-0.39, 0.29) is 5.75 Å². The Hall–Kier alpha value is -1.78. The zero-order valence-corrected chi connectivity index (χ0v) is 11.4. The molecule has 0 aromatic heterocycles. The van der Waals surface area contributed by atoms with Gasteiger partial charge in [0.05, 0.1) is 12.8 Å². The minimum absolute atomic E-state index is 0.146. The summed E-state index contributed by atoms with van der Waals surface area (Å²) in [6, 6.07) is 4.77. The van der Waals surface area contributed by atoms with Gasteiger partial charge in [-0.25, -0.2) is 0 Å². The van der Waals surface area contributed by atoms with Crippen molar-refractivity contribution in [3.05, 3.63) is 30.4 Å². The highest BCUT2D eigenvalue weighted by Gasteiger charge is 2.14. The number of nitrogens with one attached hydrogen (secondary N) is 1. The molecule has 0 aliphatic heterocycles. The van der Waals surface area contributed by atoms with Crippen LogP contribution in [0.5, 0.6) is 11.5 Å². The molecule has 1 N–H and O–H groups in total. The molecule has 20 heavy (non-hydrogen) atoms. The minimum Gasteiger partial charge on any atom is -0.497 e. The molecule has 1 unspecified atom stereocenters. The topological polar surface area (TPSA) is 30.5 Å². The summed E-state index contributed by atoms with van der Waals surface area (Å²) in [6.07, 6.45) is 7.54. The lowest BCUT2D eigenvalue weighted by molar-refractivity contribution is -0.0494. The van der Waals surface area contributed by atoms with Crippen molar-refractivity contribution in [2.75, 3.05) is 19.0 Å². The van der Waals surface area contributed by atoms with Gasteiger partial charge in [0.2, 0.25) is 0 Å². The van der Waals surface area contributed by atoms with Crippen LogP contribution < -0.4 is 14.8 Å². The summed E-state index contributed by atoms with van der Waals surface area (Å²) < 4.78 is 34.4. The summed E-state index contributed by atoms with van der Waals surface area (Å²) in [5.41, 5.74) is 0.541. The number of methoxy groups -OCH3 is 1. The predicted molar refractivity (Wildman–Crippen MR) is 74.6 cm³/mol. The molecule has 1 aromatic rings. The second-order valence-electron chi connectivity index (χ2n) is 4.77. The third kappa shape index (κ3) is 4.11. The van der Waals surface area contributed by atoms with E-state index in [0.29, 0.717) is 17.4 Å².